The maximum atomic E-state index is 15.0. The molecule has 0 saturated carbocycles. The zero-order valence-corrected chi connectivity index (χ0v) is 30.2. The number of benzene rings is 3. The third-order valence-electron chi connectivity index (χ3n) is 10.4. The van der Waals surface area contributed by atoms with Crippen LogP contribution in [0, 0.1) is 11.8 Å². The lowest BCUT2D eigenvalue weighted by Crippen LogP contribution is -2.59. The summed E-state index contributed by atoms with van der Waals surface area (Å²) in [6, 6.07) is 20.3. The number of aliphatic hydroxyl groups excluding tert-OH is 1. The summed E-state index contributed by atoms with van der Waals surface area (Å²) in [4.78, 5) is 59.3. The minimum atomic E-state index is -1.34. The molecule has 1 spiro atoms. The summed E-state index contributed by atoms with van der Waals surface area (Å²) in [5.74, 6) is -3.57. The van der Waals surface area contributed by atoms with Crippen molar-refractivity contribution in [2.45, 2.75) is 67.3 Å². The first-order chi connectivity index (χ1) is 24.7. The molecule has 8 atom stereocenters. The Kier molecular flexibility index (Phi) is 11.1. The predicted molar refractivity (Wildman–Crippen MR) is 198 cm³/mol. The van der Waals surface area contributed by atoms with Gasteiger partial charge in [0, 0.05) is 23.5 Å². The summed E-state index contributed by atoms with van der Waals surface area (Å²) in [6.07, 6.45) is 3.90. The molecular formula is C40H44BrN3O7. The van der Waals surface area contributed by atoms with Crippen LogP contribution in [0.2, 0.25) is 0 Å². The second-order valence-electron chi connectivity index (χ2n) is 13.4. The number of fused-ring (bicyclic) bond motifs is 2. The van der Waals surface area contributed by atoms with E-state index in [1.54, 1.807) is 17.1 Å². The summed E-state index contributed by atoms with van der Waals surface area (Å²) in [5, 5.41) is 15.6. The number of carbonyl (C=O) groups is 4. The van der Waals surface area contributed by atoms with Crippen molar-refractivity contribution in [3.8, 4) is 0 Å². The molecule has 3 aromatic rings. The first-order valence-electron chi connectivity index (χ1n) is 17.5. The quantitative estimate of drug-likeness (QED) is 0.123. The average Bonchev–Trinajstić information content (AvgIpc) is 3.75. The van der Waals surface area contributed by atoms with Crippen LogP contribution >= 0.6 is 15.9 Å². The van der Waals surface area contributed by atoms with E-state index in [0.717, 1.165) is 16.3 Å². The van der Waals surface area contributed by atoms with Crippen LogP contribution in [0.4, 0.5) is 5.69 Å². The number of ether oxygens (including phenoxy) is 2. The van der Waals surface area contributed by atoms with Gasteiger partial charge in [-0.1, -0.05) is 95.7 Å². The number of nitrogens with one attached hydrogen (secondary N) is 1. The maximum absolute atomic E-state index is 15.0. The summed E-state index contributed by atoms with van der Waals surface area (Å²) in [7, 11) is 0. The number of anilines is 1. The molecule has 3 aliphatic heterocycles. The Balaban J connectivity index is 1.36. The first kappa shape index (κ1) is 36.5. The molecule has 3 saturated heterocycles. The number of allylic oxidation sites excluding steroid dienone is 1. The van der Waals surface area contributed by atoms with Crippen molar-refractivity contribution in [3.63, 3.8) is 0 Å². The van der Waals surface area contributed by atoms with E-state index in [0.29, 0.717) is 24.9 Å². The Morgan fingerprint density at radius 2 is 1.82 bits per heavy atom. The molecule has 3 heterocycles. The molecule has 10 nitrogen and oxygen atoms in total. The van der Waals surface area contributed by atoms with Crippen LogP contribution in [-0.4, -0.2) is 82.1 Å². The van der Waals surface area contributed by atoms with Gasteiger partial charge in [0.15, 0.2) is 0 Å². The van der Waals surface area contributed by atoms with Gasteiger partial charge in [-0.2, -0.15) is 0 Å². The number of aliphatic hydroxyl groups is 1. The number of hydrogen-bond donors (Lipinski definition) is 2. The number of esters is 1. The van der Waals surface area contributed by atoms with Crippen molar-refractivity contribution in [1.29, 1.82) is 0 Å². The van der Waals surface area contributed by atoms with E-state index in [1.165, 1.54) is 4.90 Å². The van der Waals surface area contributed by atoms with E-state index < -0.39 is 59.5 Å². The zero-order valence-electron chi connectivity index (χ0n) is 28.7. The minimum absolute atomic E-state index is 0.108. The maximum Gasteiger partial charge on any atom is 0.306 e. The molecule has 3 aliphatic rings. The van der Waals surface area contributed by atoms with Crippen LogP contribution in [0.3, 0.4) is 0 Å². The van der Waals surface area contributed by atoms with E-state index in [-0.39, 0.29) is 36.9 Å². The molecule has 2 N–H and O–H groups in total. The highest BCUT2D eigenvalue weighted by molar-refractivity contribution is 9.09. The zero-order chi connectivity index (χ0) is 36.3. The van der Waals surface area contributed by atoms with Gasteiger partial charge in [0.05, 0.1) is 36.6 Å². The second-order valence-corrected chi connectivity index (χ2v) is 14.6. The largest absolute Gasteiger partial charge is 0.463 e. The van der Waals surface area contributed by atoms with Crippen molar-refractivity contribution >= 4 is 56.1 Å². The van der Waals surface area contributed by atoms with E-state index in [1.807, 2.05) is 79.7 Å². The Bertz CT molecular complexity index is 1800. The fraction of sp³-hybridized carbons (Fsp3) is 0.400. The molecule has 3 aromatic carbocycles. The SMILES string of the molecule is C=CCCC(=O)OC[C@@H](NC(=O)[C@H]1[C@@H]2O[C@@]3(CC2Br)[C@@H]1C(=O)N([C@@H](CC)CO)[C@@H]3C(=O)N(CC=C)c1ccc2ccccc2c1)c1ccccc1. The van der Waals surface area contributed by atoms with Gasteiger partial charge in [-0.05, 0) is 47.7 Å². The normalized spacial score (nSPS) is 26.0. The Labute approximate surface area is 306 Å². The topological polar surface area (TPSA) is 125 Å². The van der Waals surface area contributed by atoms with Gasteiger partial charge in [0.25, 0.3) is 5.91 Å². The molecule has 6 rings (SSSR count). The summed E-state index contributed by atoms with van der Waals surface area (Å²) in [5.41, 5.74) is 0.0204. The van der Waals surface area contributed by atoms with Gasteiger partial charge in [0.1, 0.15) is 18.2 Å². The summed E-state index contributed by atoms with van der Waals surface area (Å²) in [6.45, 7) is 9.11. The molecule has 2 bridgehead atoms. The lowest BCUT2D eigenvalue weighted by molar-refractivity contribution is -0.146. The van der Waals surface area contributed by atoms with Crippen molar-refractivity contribution in [3.05, 3.63) is 104 Å². The van der Waals surface area contributed by atoms with E-state index >= 15 is 4.79 Å². The fourth-order valence-electron chi connectivity index (χ4n) is 8.04. The number of likely N-dealkylation sites (tertiary alicyclic amines) is 1. The molecule has 0 radical (unpaired) electrons. The summed E-state index contributed by atoms with van der Waals surface area (Å²) >= 11 is 3.75. The lowest BCUT2D eigenvalue weighted by atomic mass is 9.70. The van der Waals surface area contributed by atoms with Gasteiger partial charge in [0.2, 0.25) is 11.8 Å². The van der Waals surface area contributed by atoms with Crippen LogP contribution in [0.25, 0.3) is 10.8 Å². The molecule has 1 unspecified atom stereocenters. The highest BCUT2D eigenvalue weighted by Crippen LogP contribution is 2.60. The van der Waals surface area contributed by atoms with Crippen LogP contribution in [0.1, 0.15) is 44.2 Å². The molecule has 11 heteroatoms. The molecule has 51 heavy (non-hydrogen) atoms. The second kappa shape index (κ2) is 15.5. The number of rotatable bonds is 15. The number of hydrogen-bond acceptors (Lipinski definition) is 7. The van der Waals surface area contributed by atoms with Crippen molar-refractivity contribution in [2.75, 3.05) is 24.7 Å². The van der Waals surface area contributed by atoms with Crippen LogP contribution in [0.15, 0.2) is 98.1 Å². The van der Waals surface area contributed by atoms with Gasteiger partial charge >= 0.3 is 5.97 Å². The monoisotopic (exact) mass is 757 g/mol. The molecule has 3 fully saturated rings. The highest BCUT2D eigenvalue weighted by atomic mass is 79.9. The molecule has 3 amide bonds. The third kappa shape index (κ3) is 6.74. The number of carbonyl (C=O) groups excluding carboxylic acids is 4. The lowest BCUT2D eigenvalue weighted by Gasteiger charge is -2.39. The Hall–Kier alpha value is -4.32. The number of nitrogens with zero attached hydrogens (tertiary/aromatic N) is 2. The van der Waals surface area contributed by atoms with Crippen LogP contribution in [-0.2, 0) is 28.7 Å². The summed E-state index contributed by atoms with van der Waals surface area (Å²) < 4.78 is 12.3. The standard InChI is InChI=1S/C40H44BrN3O7/c1-4-7-17-32(46)50-24-31(26-14-9-8-10-15-26)42-37(47)33-34-38(48)44(28(6-3)23-45)36(40(34)22-30(41)35(33)51-40)39(49)43(20-5-2)29-19-18-25-13-11-12-16-27(25)21-29/h4-5,8-16,18-19,21,28,30-31,33-36,45H,1-2,6-7,17,20,22-24H2,3H3,(H,42,47)/t28-,30?,31+,33+,34-,35+,36+,40-/m0/s1. The Morgan fingerprint density at radius 3 is 2.51 bits per heavy atom. The van der Waals surface area contributed by atoms with Crippen molar-refractivity contribution in [1.82, 2.24) is 10.2 Å². The minimum Gasteiger partial charge on any atom is -0.463 e. The van der Waals surface area contributed by atoms with E-state index in [9.17, 15) is 19.5 Å². The molecule has 268 valence electrons. The average molecular weight is 759 g/mol. The van der Waals surface area contributed by atoms with Crippen molar-refractivity contribution < 1.29 is 33.8 Å². The van der Waals surface area contributed by atoms with Gasteiger partial charge < -0.3 is 29.7 Å². The number of halogens is 1. The smallest absolute Gasteiger partial charge is 0.306 e. The highest BCUT2D eigenvalue weighted by Gasteiger charge is 2.77. The Morgan fingerprint density at radius 1 is 1.10 bits per heavy atom. The third-order valence-corrected chi connectivity index (χ3v) is 11.3. The number of alkyl halides is 1. The fourth-order valence-corrected chi connectivity index (χ4v) is 8.98. The first-order valence-corrected chi connectivity index (χ1v) is 18.4. The predicted octanol–water partition coefficient (Wildman–Crippen LogP) is 5.24. The van der Waals surface area contributed by atoms with Gasteiger partial charge in [-0.25, -0.2) is 0 Å². The van der Waals surface area contributed by atoms with Crippen LogP contribution in [0.5, 0.6) is 0 Å². The molecule has 0 aromatic heterocycles. The van der Waals surface area contributed by atoms with E-state index in [2.05, 4.69) is 34.4 Å². The molecular weight excluding hydrogens is 714 g/mol. The molecule has 0 aliphatic carbocycles. The van der Waals surface area contributed by atoms with Crippen molar-refractivity contribution in [2.24, 2.45) is 11.8 Å². The van der Waals surface area contributed by atoms with Crippen LogP contribution < -0.4 is 10.2 Å². The number of amides is 3. The van der Waals surface area contributed by atoms with Gasteiger partial charge in [-0.15, -0.1) is 13.2 Å². The van der Waals surface area contributed by atoms with E-state index in [4.69, 9.17) is 9.47 Å². The van der Waals surface area contributed by atoms with Gasteiger partial charge in [-0.3, -0.25) is 19.2 Å².